The molecule has 5 nitrogen and oxygen atoms in total. The van der Waals surface area contributed by atoms with Crippen LogP contribution in [0.15, 0.2) is 53.7 Å². The lowest BCUT2D eigenvalue weighted by atomic mass is 10.0. The Morgan fingerprint density at radius 1 is 1.07 bits per heavy atom. The zero-order chi connectivity index (χ0) is 20.1. The molecule has 1 heterocycles. The number of hydrogen-bond donors (Lipinski definition) is 1. The van der Waals surface area contributed by atoms with Gasteiger partial charge in [0, 0.05) is 17.8 Å². The Morgan fingerprint density at radius 2 is 1.75 bits per heavy atom. The summed E-state index contributed by atoms with van der Waals surface area (Å²) in [7, 11) is 0. The van der Waals surface area contributed by atoms with Crippen LogP contribution in [-0.4, -0.2) is 26.4 Å². The molecule has 6 heteroatoms. The summed E-state index contributed by atoms with van der Waals surface area (Å²) in [4.78, 5) is 12.3. The van der Waals surface area contributed by atoms with E-state index in [-0.39, 0.29) is 11.7 Å². The molecule has 1 aromatic heterocycles. The molecule has 3 rings (SSSR count). The molecule has 0 bridgehead atoms. The van der Waals surface area contributed by atoms with Crippen LogP contribution in [0.4, 0.5) is 5.69 Å². The first-order valence-electron chi connectivity index (χ1n) is 9.50. The van der Waals surface area contributed by atoms with Crippen LogP contribution in [0.2, 0.25) is 0 Å². The summed E-state index contributed by atoms with van der Waals surface area (Å²) in [5.74, 6) is 1.57. The highest BCUT2D eigenvalue weighted by molar-refractivity contribution is 7.99. The third-order valence-corrected chi connectivity index (χ3v) is 5.50. The van der Waals surface area contributed by atoms with Crippen LogP contribution in [0.1, 0.15) is 37.8 Å². The minimum absolute atomic E-state index is 0.0534. The number of benzene rings is 2. The molecule has 1 N–H and O–H groups in total. The average molecular weight is 395 g/mol. The maximum Gasteiger partial charge on any atom is 0.234 e. The molecule has 0 saturated heterocycles. The molecule has 1 amide bonds. The van der Waals surface area contributed by atoms with E-state index in [2.05, 4.69) is 60.6 Å². The zero-order valence-corrected chi connectivity index (χ0v) is 17.6. The van der Waals surface area contributed by atoms with Gasteiger partial charge in [-0.25, -0.2) is 0 Å². The summed E-state index contributed by atoms with van der Waals surface area (Å²) in [5.41, 5.74) is 4.31. The maximum atomic E-state index is 12.3. The smallest absolute Gasteiger partial charge is 0.234 e. The van der Waals surface area contributed by atoms with Crippen LogP contribution < -0.4 is 5.32 Å². The van der Waals surface area contributed by atoms with Crippen molar-refractivity contribution in [3.8, 4) is 11.4 Å². The Kier molecular flexibility index (Phi) is 6.52. The predicted molar refractivity (Wildman–Crippen MR) is 116 cm³/mol. The minimum Gasteiger partial charge on any atom is -0.325 e. The van der Waals surface area contributed by atoms with Crippen LogP contribution in [0.5, 0.6) is 0 Å². The highest BCUT2D eigenvalue weighted by Crippen LogP contribution is 2.25. The number of nitrogens with zero attached hydrogens (tertiary/aromatic N) is 3. The van der Waals surface area contributed by atoms with Crippen molar-refractivity contribution in [3.63, 3.8) is 0 Å². The van der Waals surface area contributed by atoms with Crippen LogP contribution in [0.3, 0.4) is 0 Å². The normalized spacial score (nSPS) is 11.0. The average Bonchev–Trinajstić information content (AvgIpc) is 3.11. The fourth-order valence-corrected chi connectivity index (χ4v) is 3.68. The van der Waals surface area contributed by atoms with Gasteiger partial charge >= 0.3 is 0 Å². The predicted octanol–water partition coefficient (Wildman–Crippen LogP) is 5.13. The molecule has 0 aliphatic heterocycles. The number of aryl methyl sites for hydroxylation is 1. The lowest BCUT2D eigenvalue weighted by Crippen LogP contribution is -2.14. The van der Waals surface area contributed by atoms with E-state index in [0.29, 0.717) is 5.92 Å². The molecule has 0 spiro atoms. The third kappa shape index (κ3) is 4.81. The molecule has 2 aromatic carbocycles. The molecule has 0 saturated carbocycles. The number of aromatic nitrogens is 3. The quantitative estimate of drug-likeness (QED) is 0.565. The first-order chi connectivity index (χ1) is 13.5. The Labute approximate surface area is 170 Å². The second-order valence-electron chi connectivity index (χ2n) is 7.03. The molecular formula is C22H26N4OS. The third-order valence-electron chi connectivity index (χ3n) is 4.54. The van der Waals surface area contributed by atoms with Crippen molar-refractivity contribution in [2.24, 2.45) is 0 Å². The molecule has 0 aliphatic rings. The van der Waals surface area contributed by atoms with Gasteiger partial charge in [0.25, 0.3) is 0 Å². The number of nitrogens with one attached hydrogen (secondary N) is 1. The van der Waals surface area contributed by atoms with Gasteiger partial charge in [0.05, 0.1) is 5.75 Å². The van der Waals surface area contributed by atoms with Gasteiger partial charge in [-0.05, 0) is 37.5 Å². The summed E-state index contributed by atoms with van der Waals surface area (Å²) in [6.45, 7) is 9.19. The molecule has 0 unspecified atom stereocenters. The van der Waals surface area contributed by atoms with Gasteiger partial charge in [-0.15, -0.1) is 10.2 Å². The number of amides is 1. The van der Waals surface area contributed by atoms with Crippen molar-refractivity contribution in [3.05, 3.63) is 59.7 Å². The first-order valence-corrected chi connectivity index (χ1v) is 10.5. The highest BCUT2D eigenvalue weighted by Gasteiger charge is 2.15. The molecule has 28 heavy (non-hydrogen) atoms. The van der Waals surface area contributed by atoms with Crippen molar-refractivity contribution < 1.29 is 4.79 Å². The number of thioether (sulfide) groups is 1. The van der Waals surface area contributed by atoms with E-state index in [1.165, 1.54) is 17.3 Å². The van der Waals surface area contributed by atoms with E-state index in [1.54, 1.807) is 0 Å². The Balaban J connectivity index is 1.68. The molecule has 0 atom stereocenters. The van der Waals surface area contributed by atoms with Crippen molar-refractivity contribution in [1.29, 1.82) is 0 Å². The van der Waals surface area contributed by atoms with Crippen molar-refractivity contribution in [2.75, 3.05) is 11.1 Å². The second-order valence-corrected chi connectivity index (χ2v) is 7.97. The van der Waals surface area contributed by atoms with Gasteiger partial charge in [-0.1, -0.05) is 67.6 Å². The monoisotopic (exact) mass is 394 g/mol. The SMILES string of the molecule is CCn1c(SCC(=O)Nc2ccc(C)cc2)nnc1-c1ccc(C(C)C)cc1. The molecule has 146 valence electrons. The molecule has 0 aliphatic carbocycles. The number of hydrogen-bond acceptors (Lipinski definition) is 4. The van der Waals surface area contributed by atoms with E-state index < -0.39 is 0 Å². The second kappa shape index (κ2) is 9.06. The Morgan fingerprint density at radius 3 is 2.36 bits per heavy atom. The van der Waals surface area contributed by atoms with Crippen LogP contribution >= 0.6 is 11.8 Å². The number of carbonyl (C=O) groups excluding carboxylic acids is 1. The van der Waals surface area contributed by atoms with Crippen molar-refractivity contribution in [1.82, 2.24) is 14.8 Å². The van der Waals surface area contributed by atoms with Gasteiger partial charge in [-0.2, -0.15) is 0 Å². The van der Waals surface area contributed by atoms with Gasteiger partial charge in [0.2, 0.25) is 5.91 Å². The summed E-state index contributed by atoms with van der Waals surface area (Å²) in [6, 6.07) is 16.2. The van der Waals surface area contributed by atoms with E-state index in [0.717, 1.165) is 34.3 Å². The van der Waals surface area contributed by atoms with E-state index in [9.17, 15) is 4.79 Å². The fourth-order valence-electron chi connectivity index (χ4n) is 2.88. The van der Waals surface area contributed by atoms with Gasteiger partial charge in [0.1, 0.15) is 0 Å². The van der Waals surface area contributed by atoms with Gasteiger partial charge < -0.3 is 9.88 Å². The Hall–Kier alpha value is -2.60. The molecule has 0 radical (unpaired) electrons. The van der Waals surface area contributed by atoms with Crippen LogP contribution in [0, 0.1) is 6.92 Å². The van der Waals surface area contributed by atoms with E-state index in [4.69, 9.17) is 0 Å². The maximum absolute atomic E-state index is 12.3. The van der Waals surface area contributed by atoms with Crippen molar-refractivity contribution in [2.45, 2.75) is 45.3 Å². The fraction of sp³-hybridized carbons (Fsp3) is 0.318. The van der Waals surface area contributed by atoms with E-state index in [1.807, 2.05) is 35.8 Å². The first kappa shape index (κ1) is 20.1. The summed E-state index contributed by atoms with van der Waals surface area (Å²) < 4.78 is 2.05. The van der Waals surface area contributed by atoms with Gasteiger partial charge in [-0.3, -0.25) is 4.79 Å². The lowest BCUT2D eigenvalue weighted by Gasteiger charge is -2.09. The summed E-state index contributed by atoms with van der Waals surface area (Å²) in [6.07, 6.45) is 0. The van der Waals surface area contributed by atoms with E-state index >= 15 is 0 Å². The molecular weight excluding hydrogens is 368 g/mol. The summed E-state index contributed by atoms with van der Waals surface area (Å²) >= 11 is 1.40. The highest BCUT2D eigenvalue weighted by atomic mass is 32.2. The summed E-state index contributed by atoms with van der Waals surface area (Å²) in [5, 5.41) is 12.3. The zero-order valence-electron chi connectivity index (χ0n) is 16.8. The number of rotatable bonds is 7. The minimum atomic E-state index is -0.0534. The van der Waals surface area contributed by atoms with Crippen LogP contribution in [0.25, 0.3) is 11.4 Å². The lowest BCUT2D eigenvalue weighted by molar-refractivity contribution is -0.113. The molecule has 3 aromatic rings. The number of carbonyl (C=O) groups is 1. The van der Waals surface area contributed by atoms with Crippen molar-refractivity contribution >= 4 is 23.4 Å². The Bertz CT molecular complexity index is 930. The van der Waals surface area contributed by atoms with Gasteiger partial charge in [0.15, 0.2) is 11.0 Å². The standard InChI is InChI=1S/C22H26N4OS/c1-5-26-21(18-10-8-17(9-11-18)15(2)3)24-25-22(26)28-14-20(27)23-19-12-6-16(4)7-13-19/h6-13,15H,5,14H2,1-4H3,(H,23,27). The largest absolute Gasteiger partial charge is 0.325 e. The van der Waals surface area contributed by atoms with Crippen LogP contribution in [-0.2, 0) is 11.3 Å². The topological polar surface area (TPSA) is 59.8 Å². The number of anilines is 1. The molecule has 0 fully saturated rings.